The molecule has 116 valence electrons. The monoisotopic (exact) mass is 302 g/mol. The molecule has 0 N–H and O–H groups in total. The summed E-state index contributed by atoms with van der Waals surface area (Å²) in [5.74, 6) is -3.18. The van der Waals surface area contributed by atoms with E-state index in [0.29, 0.717) is 32.3 Å². The largest absolute Gasteiger partial charge is 0.383 e. The van der Waals surface area contributed by atoms with Crippen molar-refractivity contribution in [1.82, 2.24) is 9.80 Å². The van der Waals surface area contributed by atoms with Gasteiger partial charge in [0.2, 0.25) is 5.91 Å². The van der Waals surface area contributed by atoms with Gasteiger partial charge in [-0.25, -0.2) is 13.2 Å². The lowest BCUT2D eigenvalue weighted by atomic mass is 10.1. The topological polar surface area (TPSA) is 32.8 Å². The molecule has 1 fully saturated rings. The molecule has 0 bridgehead atoms. The molecule has 1 aliphatic rings. The molecule has 1 aliphatic heterocycles. The summed E-state index contributed by atoms with van der Waals surface area (Å²) < 4.78 is 44.5. The van der Waals surface area contributed by atoms with Gasteiger partial charge in [-0.3, -0.25) is 9.69 Å². The second-order valence-electron chi connectivity index (χ2n) is 4.94. The van der Waals surface area contributed by atoms with Crippen molar-refractivity contribution in [3.8, 4) is 0 Å². The van der Waals surface area contributed by atoms with Gasteiger partial charge in [0.25, 0.3) is 0 Å². The molecule has 1 aromatic rings. The predicted octanol–water partition coefficient (Wildman–Crippen LogP) is 1.39. The molecular weight excluding hydrogens is 285 g/mol. The van der Waals surface area contributed by atoms with E-state index in [0.717, 1.165) is 6.07 Å². The lowest BCUT2D eigenvalue weighted by Gasteiger charge is -2.34. The maximum Gasteiger partial charge on any atom is 0.236 e. The van der Waals surface area contributed by atoms with E-state index in [4.69, 9.17) is 4.74 Å². The Bertz CT molecular complexity index is 525. The van der Waals surface area contributed by atoms with Gasteiger partial charge in [0.1, 0.15) is 5.82 Å². The first-order valence-electron chi connectivity index (χ1n) is 6.63. The van der Waals surface area contributed by atoms with Crippen LogP contribution >= 0.6 is 0 Å². The number of ether oxygens (including phenoxy) is 1. The molecule has 1 heterocycles. The number of rotatable bonds is 5. The maximum atomic E-state index is 13.6. The number of hydrogen-bond acceptors (Lipinski definition) is 3. The van der Waals surface area contributed by atoms with Crippen LogP contribution in [0.1, 0.15) is 5.56 Å². The fourth-order valence-electron chi connectivity index (χ4n) is 2.26. The van der Waals surface area contributed by atoms with Gasteiger partial charge in [0.05, 0.1) is 13.2 Å². The number of hydrogen-bond donors (Lipinski definition) is 0. The molecule has 1 amide bonds. The lowest BCUT2D eigenvalue weighted by Crippen LogP contribution is -2.50. The minimum absolute atomic E-state index is 0.0482. The highest BCUT2D eigenvalue weighted by Gasteiger charge is 2.24. The molecule has 4 nitrogen and oxygen atoms in total. The van der Waals surface area contributed by atoms with E-state index in [-0.39, 0.29) is 24.6 Å². The van der Waals surface area contributed by atoms with Crippen LogP contribution in [0.2, 0.25) is 0 Å². The van der Waals surface area contributed by atoms with E-state index in [2.05, 4.69) is 0 Å². The average molecular weight is 302 g/mol. The fraction of sp³-hybridized carbons (Fsp3) is 0.500. The molecule has 0 aliphatic carbocycles. The Morgan fingerprint density at radius 2 is 1.86 bits per heavy atom. The second kappa shape index (κ2) is 6.91. The number of nitrogens with zero attached hydrogens (tertiary/aromatic N) is 2. The third-order valence-electron chi connectivity index (χ3n) is 3.45. The van der Waals surface area contributed by atoms with E-state index in [1.54, 1.807) is 16.9 Å². The van der Waals surface area contributed by atoms with Crippen molar-refractivity contribution in [2.45, 2.75) is 6.54 Å². The van der Waals surface area contributed by atoms with Gasteiger partial charge in [-0.15, -0.1) is 0 Å². The van der Waals surface area contributed by atoms with Gasteiger partial charge in [0.15, 0.2) is 11.6 Å². The Kier molecular flexibility index (Phi) is 5.19. The SMILES string of the molecule is COCCN1CCN(Cc2cc(F)c(F)cc2F)CC1=O. The van der Waals surface area contributed by atoms with Crippen LogP contribution in [0.15, 0.2) is 12.1 Å². The van der Waals surface area contributed by atoms with E-state index in [1.807, 2.05) is 0 Å². The normalized spacial score (nSPS) is 16.6. The molecule has 1 saturated heterocycles. The number of benzene rings is 1. The summed E-state index contributed by atoms with van der Waals surface area (Å²) in [5.41, 5.74) is 0.0482. The third-order valence-corrected chi connectivity index (χ3v) is 3.45. The van der Waals surface area contributed by atoms with Crippen LogP contribution in [0.3, 0.4) is 0 Å². The Balaban J connectivity index is 1.96. The molecule has 1 aromatic carbocycles. The van der Waals surface area contributed by atoms with Crippen LogP contribution < -0.4 is 0 Å². The molecule has 0 spiro atoms. The van der Waals surface area contributed by atoms with Crippen LogP contribution in [0.25, 0.3) is 0 Å². The van der Waals surface area contributed by atoms with Crippen LogP contribution in [-0.4, -0.2) is 55.6 Å². The minimum atomic E-state index is -1.21. The van der Waals surface area contributed by atoms with Crippen LogP contribution in [0, 0.1) is 17.5 Å². The first kappa shape index (κ1) is 15.8. The summed E-state index contributed by atoms with van der Waals surface area (Å²) in [6.45, 7) is 2.24. The molecule has 0 radical (unpaired) electrons. The average Bonchev–Trinajstić information content (AvgIpc) is 2.44. The number of halogens is 3. The van der Waals surface area contributed by atoms with Crippen LogP contribution in [0.4, 0.5) is 13.2 Å². The van der Waals surface area contributed by atoms with Crippen LogP contribution in [-0.2, 0) is 16.1 Å². The zero-order valence-electron chi connectivity index (χ0n) is 11.7. The summed E-state index contributed by atoms with van der Waals surface area (Å²) in [6.07, 6.45) is 0. The Hall–Kier alpha value is -1.60. The van der Waals surface area contributed by atoms with Crippen molar-refractivity contribution in [2.75, 3.05) is 39.9 Å². The first-order chi connectivity index (χ1) is 10.0. The summed E-state index contributed by atoms with van der Waals surface area (Å²) in [7, 11) is 1.56. The number of methoxy groups -OCH3 is 1. The van der Waals surface area contributed by atoms with Gasteiger partial charge in [-0.1, -0.05) is 0 Å². The number of carbonyl (C=O) groups is 1. The Morgan fingerprint density at radius 1 is 1.14 bits per heavy atom. The number of piperazine rings is 1. The smallest absolute Gasteiger partial charge is 0.236 e. The standard InChI is InChI=1S/C14H17F3N2O2/c1-21-5-4-19-3-2-18(9-14(19)20)8-10-6-12(16)13(17)7-11(10)15/h6-7H,2-5,8-9H2,1H3. The molecule has 0 unspecified atom stereocenters. The molecule has 21 heavy (non-hydrogen) atoms. The van der Waals surface area contributed by atoms with Gasteiger partial charge in [0, 0.05) is 44.9 Å². The molecule has 7 heteroatoms. The maximum absolute atomic E-state index is 13.6. The Labute approximate surface area is 121 Å². The highest BCUT2D eigenvalue weighted by molar-refractivity contribution is 5.79. The summed E-state index contributed by atoms with van der Waals surface area (Å²) in [6, 6.07) is 1.37. The second-order valence-corrected chi connectivity index (χ2v) is 4.94. The molecular formula is C14H17F3N2O2. The van der Waals surface area contributed by atoms with Crippen molar-refractivity contribution >= 4 is 5.91 Å². The Morgan fingerprint density at radius 3 is 2.52 bits per heavy atom. The molecule has 0 saturated carbocycles. The highest BCUT2D eigenvalue weighted by atomic mass is 19.2. The lowest BCUT2D eigenvalue weighted by molar-refractivity contribution is -0.136. The van der Waals surface area contributed by atoms with Crippen molar-refractivity contribution < 1.29 is 22.7 Å². The summed E-state index contributed by atoms with van der Waals surface area (Å²) in [5, 5.41) is 0. The van der Waals surface area contributed by atoms with Crippen molar-refractivity contribution in [3.63, 3.8) is 0 Å². The van der Waals surface area contributed by atoms with Gasteiger partial charge in [-0.2, -0.15) is 0 Å². The van der Waals surface area contributed by atoms with E-state index < -0.39 is 17.5 Å². The van der Waals surface area contributed by atoms with E-state index >= 15 is 0 Å². The quantitative estimate of drug-likeness (QED) is 0.771. The fourth-order valence-corrected chi connectivity index (χ4v) is 2.26. The van der Waals surface area contributed by atoms with Gasteiger partial charge in [-0.05, 0) is 6.07 Å². The third kappa shape index (κ3) is 3.95. The van der Waals surface area contributed by atoms with E-state index in [9.17, 15) is 18.0 Å². The molecule has 0 atom stereocenters. The first-order valence-corrected chi connectivity index (χ1v) is 6.63. The van der Waals surface area contributed by atoms with E-state index in [1.165, 1.54) is 0 Å². The van der Waals surface area contributed by atoms with Crippen molar-refractivity contribution in [2.24, 2.45) is 0 Å². The van der Waals surface area contributed by atoms with Gasteiger partial charge >= 0.3 is 0 Å². The minimum Gasteiger partial charge on any atom is -0.383 e. The molecule has 2 rings (SSSR count). The number of amides is 1. The van der Waals surface area contributed by atoms with Crippen LogP contribution in [0.5, 0.6) is 0 Å². The summed E-state index contributed by atoms with van der Waals surface area (Å²) >= 11 is 0. The van der Waals surface area contributed by atoms with Crippen molar-refractivity contribution in [1.29, 1.82) is 0 Å². The summed E-state index contributed by atoms with van der Waals surface area (Å²) in [4.78, 5) is 15.3. The predicted molar refractivity (Wildman–Crippen MR) is 70.0 cm³/mol. The van der Waals surface area contributed by atoms with Crippen molar-refractivity contribution in [3.05, 3.63) is 35.1 Å². The van der Waals surface area contributed by atoms with Gasteiger partial charge < -0.3 is 9.64 Å². The highest BCUT2D eigenvalue weighted by Crippen LogP contribution is 2.16. The number of carbonyl (C=O) groups excluding carboxylic acids is 1. The zero-order valence-corrected chi connectivity index (χ0v) is 11.7. The zero-order chi connectivity index (χ0) is 15.4. The molecule has 0 aromatic heterocycles.